The molecule has 0 radical (unpaired) electrons. The number of amides is 1. The Morgan fingerprint density at radius 3 is 2.81 bits per heavy atom. The Bertz CT molecular complexity index is 438. The van der Waals surface area contributed by atoms with E-state index in [1.54, 1.807) is 13.2 Å². The van der Waals surface area contributed by atoms with Crippen LogP contribution in [-0.4, -0.2) is 39.4 Å². The predicted molar refractivity (Wildman–Crippen MR) is 80.5 cm³/mol. The molecule has 1 aromatic rings. The number of hydrogen-bond donors (Lipinski definition) is 2. The Morgan fingerprint density at radius 1 is 1.33 bits per heavy atom. The maximum Gasteiger partial charge on any atom is 0.257 e. The summed E-state index contributed by atoms with van der Waals surface area (Å²) in [6, 6.07) is 5.51. The van der Waals surface area contributed by atoms with Crippen molar-refractivity contribution in [1.29, 1.82) is 0 Å². The van der Waals surface area contributed by atoms with E-state index in [0.717, 1.165) is 12.0 Å². The third-order valence-corrected chi connectivity index (χ3v) is 2.78. The number of nitrogens with two attached hydrogens (primary N) is 1. The number of benzene rings is 1. The van der Waals surface area contributed by atoms with Crippen LogP contribution in [0.2, 0.25) is 0 Å². The number of nitrogens with one attached hydrogen (secondary N) is 1. The summed E-state index contributed by atoms with van der Waals surface area (Å²) >= 11 is 0. The van der Waals surface area contributed by atoms with E-state index in [0.29, 0.717) is 37.8 Å². The fourth-order valence-electron chi connectivity index (χ4n) is 1.79. The summed E-state index contributed by atoms with van der Waals surface area (Å²) in [6.45, 7) is 3.85. The molecule has 6 heteroatoms. The second-order valence-corrected chi connectivity index (χ2v) is 4.37. The highest BCUT2D eigenvalue weighted by Crippen LogP contribution is 2.31. The molecular weight excluding hydrogens is 272 g/mol. The molecule has 0 aliphatic carbocycles. The Labute approximate surface area is 125 Å². The van der Waals surface area contributed by atoms with Gasteiger partial charge in [-0.1, -0.05) is 12.1 Å². The fourth-order valence-corrected chi connectivity index (χ4v) is 1.79. The van der Waals surface area contributed by atoms with Crippen LogP contribution >= 0.6 is 0 Å². The summed E-state index contributed by atoms with van der Waals surface area (Å²) in [4.78, 5) is 11.7. The van der Waals surface area contributed by atoms with Crippen LogP contribution in [0.15, 0.2) is 18.2 Å². The molecule has 0 bridgehead atoms. The lowest BCUT2D eigenvalue weighted by molar-refractivity contribution is -0.123. The van der Waals surface area contributed by atoms with E-state index in [4.69, 9.17) is 19.9 Å². The highest BCUT2D eigenvalue weighted by atomic mass is 16.5. The van der Waals surface area contributed by atoms with Crippen molar-refractivity contribution in [3.05, 3.63) is 23.8 Å². The number of carbonyl (C=O) groups excluding carboxylic acids is 1. The van der Waals surface area contributed by atoms with Crippen molar-refractivity contribution >= 4 is 5.91 Å². The SMILES string of the molecule is CCOc1cccc(CN)c1OCC(=O)NCCCOC. The molecular formula is C15H24N2O4. The predicted octanol–water partition coefficient (Wildman–Crippen LogP) is 1.08. The second kappa shape index (κ2) is 10.0. The van der Waals surface area contributed by atoms with Crippen molar-refractivity contribution in [3.8, 4) is 11.5 Å². The zero-order valence-corrected chi connectivity index (χ0v) is 12.7. The largest absolute Gasteiger partial charge is 0.490 e. The van der Waals surface area contributed by atoms with Crippen molar-refractivity contribution in [2.75, 3.05) is 33.5 Å². The molecule has 0 saturated carbocycles. The summed E-state index contributed by atoms with van der Waals surface area (Å²) in [5, 5.41) is 2.76. The third kappa shape index (κ3) is 6.01. The van der Waals surface area contributed by atoms with Crippen molar-refractivity contribution in [1.82, 2.24) is 5.32 Å². The van der Waals surface area contributed by atoms with Gasteiger partial charge < -0.3 is 25.3 Å². The molecule has 6 nitrogen and oxygen atoms in total. The minimum absolute atomic E-state index is 0.0654. The first-order valence-corrected chi connectivity index (χ1v) is 7.06. The van der Waals surface area contributed by atoms with Gasteiger partial charge in [0.25, 0.3) is 5.91 Å². The lowest BCUT2D eigenvalue weighted by atomic mass is 10.2. The van der Waals surface area contributed by atoms with E-state index in [-0.39, 0.29) is 12.5 Å². The molecule has 0 atom stereocenters. The topological polar surface area (TPSA) is 82.8 Å². The van der Waals surface area contributed by atoms with Crippen LogP contribution < -0.4 is 20.5 Å². The molecule has 1 amide bonds. The van der Waals surface area contributed by atoms with Crippen molar-refractivity contribution in [3.63, 3.8) is 0 Å². The molecule has 0 spiro atoms. The summed E-state index contributed by atoms with van der Waals surface area (Å²) in [6.07, 6.45) is 0.770. The third-order valence-electron chi connectivity index (χ3n) is 2.78. The molecule has 0 fully saturated rings. The van der Waals surface area contributed by atoms with Gasteiger partial charge in [0.05, 0.1) is 6.61 Å². The summed E-state index contributed by atoms with van der Waals surface area (Å²) < 4.78 is 16.0. The van der Waals surface area contributed by atoms with Gasteiger partial charge in [0.2, 0.25) is 0 Å². The zero-order valence-electron chi connectivity index (χ0n) is 12.7. The van der Waals surface area contributed by atoms with Crippen LogP contribution in [0, 0.1) is 0 Å². The molecule has 0 aromatic heterocycles. The number of carbonyl (C=O) groups is 1. The van der Waals surface area contributed by atoms with Crippen LogP contribution in [0.4, 0.5) is 0 Å². The molecule has 0 aliphatic rings. The van der Waals surface area contributed by atoms with Gasteiger partial charge in [-0.15, -0.1) is 0 Å². The molecule has 0 saturated heterocycles. The normalized spacial score (nSPS) is 10.2. The Balaban J connectivity index is 2.55. The molecule has 0 aliphatic heterocycles. The molecule has 1 aromatic carbocycles. The van der Waals surface area contributed by atoms with Crippen LogP contribution in [-0.2, 0) is 16.1 Å². The van der Waals surface area contributed by atoms with Crippen molar-refractivity contribution < 1.29 is 19.0 Å². The first-order valence-electron chi connectivity index (χ1n) is 7.06. The average molecular weight is 296 g/mol. The number of ether oxygens (including phenoxy) is 3. The van der Waals surface area contributed by atoms with Gasteiger partial charge in [0, 0.05) is 32.4 Å². The highest BCUT2D eigenvalue weighted by Gasteiger charge is 2.12. The average Bonchev–Trinajstić information content (AvgIpc) is 2.50. The monoisotopic (exact) mass is 296 g/mol. The molecule has 118 valence electrons. The second-order valence-electron chi connectivity index (χ2n) is 4.37. The van der Waals surface area contributed by atoms with E-state index < -0.39 is 0 Å². The Morgan fingerprint density at radius 2 is 2.14 bits per heavy atom. The molecule has 21 heavy (non-hydrogen) atoms. The number of rotatable bonds is 10. The standard InChI is InChI=1S/C15H24N2O4/c1-3-20-13-7-4-6-12(10-16)15(13)21-11-14(18)17-8-5-9-19-2/h4,6-7H,3,5,8-11,16H2,1-2H3,(H,17,18). The number of hydrogen-bond acceptors (Lipinski definition) is 5. The summed E-state index contributed by atoms with van der Waals surface area (Å²) in [5.41, 5.74) is 6.50. The van der Waals surface area contributed by atoms with Gasteiger partial charge in [-0.2, -0.15) is 0 Å². The fraction of sp³-hybridized carbons (Fsp3) is 0.533. The van der Waals surface area contributed by atoms with Gasteiger partial charge in [0.1, 0.15) is 0 Å². The maximum absolute atomic E-state index is 11.7. The van der Waals surface area contributed by atoms with E-state index in [9.17, 15) is 4.79 Å². The lowest BCUT2D eigenvalue weighted by Crippen LogP contribution is -2.30. The molecule has 1 rings (SSSR count). The molecule has 0 unspecified atom stereocenters. The molecule has 0 heterocycles. The van der Waals surface area contributed by atoms with Gasteiger partial charge in [0.15, 0.2) is 18.1 Å². The van der Waals surface area contributed by atoms with Crippen LogP contribution in [0.5, 0.6) is 11.5 Å². The zero-order chi connectivity index (χ0) is 15.5. The first kappa shape index (κ1) is 17.3. The first-order chi connectivity index (χ1) is 10.2. The number of methoxy groups -OCH3 is 1. The van der Waals surface area contributed by atoms with Gasteiger partial charge in [-0.3, -0.25) is 4.79 Å². The van der Waals surface area contributed by atoms with E-state index in [1.165, 1.54) is 0 Å². The quantitative estimate of drug-likeness (QED) is 0.631. The van der Waals surface area contributed by atoms with Gasteiger partial charge >= 0.3 is 0 Å². The minimum atomic E-state index is -0.180. The van der Waals surface area contributed by atoms with Gasteiger partial charge in [-0.05, 0) is 19.4 Å². The molecule has 3 N–H and O–H groups in total. The summed E-state index contributed by atoms with van der Waals surface area (Å²) in [7, 11) is 1.63. The smallest absolute Gasteiger partial charge is 0.257 e. The lowest BCUT2D eigenvalue weighted by Gasteiger charge is -2.15. The van der Waals surface area contributed by atoms with Crippen LogP contribution in [0.3, 0.4) is 0 Å². The van der Waals surface area contributed by atoms with Crippen LogP contribution in [0.1, 0.15) is 18.9 Å². The van der Waals surface area contributed by atoms with E-state index in [2.05, 4.69) is 5.32 Å². The van der Waals surface area contributed by atoms with Crippen molar-refractivity contribution in [2.24, 2.45) is 5.73 Å². The van der Waals surface area contributed by atoms with Crippen molar-refractivity contribution in [2.45, 2.75) is 19.9 Å². The Kier molecular flexibility index (Phi) is 8.23. The number of para-hydroxylation sites is 1. The van der Waals surface area contributed by atoms with E-state index in [1.807, 2.05) is 19.1 Å². The van der Waals surface area contributed by atoms with Gasteiger partial charge in [-0.25, -0.2) is 0 Å². The summed E-state index contributed by atoms with van der Waals surface area (Å²) in [5.74, 6) is 0.960. The highest BCUT2D eigenvalue weighted by molar-refractivity contribution is 5.77. The Hall–Kier alpha value is -1.79. The maximum atomic E-state index is 11.7. The van der Waals surface area contributed by atoms with E-state index >= 15 is 0 Å². The minimum Gasteiger partial charge on any atom is -0.490 e. The van der Waals surface area contributed by atoms with Crippen LogP contribution in [0.25, 0.3) is 0 Å².